The molecular weight excluding hydrogens is 390 g/mol. The molecule has 0 aliphatic carbocycles. The number of ether oxygens (including phenoxy) is 1. The van der Waals surface area contributed by atoms with Crippen LogP contribution >= 0.6 is 11.6 Å². The molecule has 0 radical (unpaired) electrons. The van der Waals surface area contributed by atoms with Crippen molar-refractivity contribution in [2.45, 2.75) is 0 Å². The van der Waals surface area contributed by atoms with Gasteiger partial charge in [0, 0.05) is 44.4 Å². The number of aryl methyl sites for hydroxylation is 1. The molecule has 1 saturated heterocycles. The van der Waals surface area contributed by atoms with E-state index in [1.54, 1.807) is 16.8 Å². The molecule has 1 aliphatic heterocycles. The lowest BCUT2D eigenvalue weighted by molar-refractivity contribution is 0.0383. The van der Waals surface area contributed by atoms with Gasteiger partial charge in [-0.15, -0.1) is 0 Å². The summed E-state index contributed by atoms with van der Waals surface area (Å²) in [5.74, 6) is -0.152. The molecule has 152 valence electrons. The Bertz CT molecular complexity index is 973. The number of rotatable bonds is 6. The number of aromatic nitrogens is 3. The fraction of sp³-hybridized carbons (Fsp3) is 0.333. The maximum Gasteiger partial charge on any atom is 0.270 e. The Hall–Kier alpha value is -2.61. The van der Waals surface area contributed by atoms with Crippen LogP contribution in [0.3, 0.4) is 0 Å². The van der Waals surface area contributed by atoms with Gasteiger partial charge in [-0.1, -0.05) is 11.6 Å². The van der Waals surface area contributed by atoms with Crippen molar-refractivity contribution in [3.63, 3.8) is 0 Å². The van der Waals surface area contributed by atoms with Gasteiger partial charge in [-0.2, -0.15) is 5.10 Å². The van der Waals surface area contributed by atoms with Crippen molar-refractivity contribution in [3.05, 3.63) is 59.4 Å². The first-order valence-electron chi connectivity index (χ1n) is 9.68. The Morgan fingerprint density at radius 1 is 1.21 bits per heavy atom. The average molecular weight is 414 g/mol. The number of halogens is 1. The monoisotopic (exact) mass is 413 g/mol. The summed E-state index contributed by atoms with van der Waals surface area (Å²) in [6.45, 7) is 4.67. The second kappa shape index (κ2) is 8.82. The minimum Gasteiger partial charge on any atom is -0.379 e. The summed E-state index contributed by atoms with van der Waals surface area (Å²) in [7, 11) is 1.96. The summed E-state index contributed by atoms with van der Waals surface area (Å²) in [6, 6.07) is 13.1. The predicted molar refractivity (Wildman–Crippen MR) is 113 cm³/mol. The normalized spacial score (nSPS) is 14.8. The van der Waals surface area contributed by atoms with Crippen molar-refractivity contribution in [1.29, 1.82) is 0 Å². The number of nitrogens with one attached hydrogen (secondary N) is 1. The molecule has 0 bridgehead atoms. The molecule has 4 rings (SSSR count). The highest BCUT2D eigenvalue weighted by Crippen LogP contribution is 2.22. The summed E-state index contributed by atoms with van der Waals surface area (Å²) >= 11 is 6.03. The fourth-order valence-corrected chi connectivity index (χ4v) is 3.54. The molecule has 1 aromatic carbocycles. The van der Waals surface area contributed by atoms with Crippen molar-refractivity contribution in [2.24, 2.45) is 7.05 Å². The number of benzene rings is 1. The van der Waals surface area contributed by atoms with Gasteiger partial charge in [-0.25, -0.2) is 4.68 Å². The maximum absolute atomic E-state index is 13.0. The molecule has 1 fully saturated rings. The van der Waals surface area contributed by atoms with Gasteiger partial charge < -0.3 is 14.6 Å². The van der Waals surface area contributed by atoms with Gasteiger partial charge in [-0.05, 0) is 42.5 Å². The predicted octanol–water partition coefficient (Wildman–Crippen LogP) is 2.59. The highest BCUT2D eigenvalue weighted by molar-refractivity contribution is 6.30. The summed E-state index contributed by atoms with van der Waals surface area (Å²) in [6.07, 6.45) is 1.96. The highest BCUT2D eigenvalue weighted by atomic mass is 35.5. The fourth-order valence-electron chi connectivity index (χ4n) is 3.42. The Morgan fingerprint density at radius 2 is 1.97 bits per heavy atom. The molecule has 29 heavy (non-hydrogen) atoms. The van der Waals surface area contributed by atoms with Crippen LogP contribution in [0.5, 0.6) is 0 Å². The minimum absolute atomic E-state index is 0.152. The zero-order valence-electron chi connectivity index (χ0n) is 16.3. The molecule has 3 heterocycles. The number of nitrogens with zero attached hydrogens (tertiary/aromatic N) is 4. The second-order valence-corrected chi connectivity index (χ2v) is 7.45. The van der Waals surface area contributed by atoms with E-state index in [-0.39, 0.29) is 5.91 Å². The molecule has 8 heteroatoms. The number of carbonyl (C=O) groups excluding carboxylic acids is 1. The van der Waals surface area contributed by atoms with E-state index in [2.05, 4.69) is 10.2 Å². The molecule has 1 N–H and O–H groups in total. The summed E-state index contributed by atoms with van der Waals surface area (Å²) < 4.78 is 9.02. The van der Waals surface area contributed by atoms with Gasteiger partial charge in [0.1, 0.15) is 11.4 Å². The van der Waals surface area contributed by atoms with Gasteiger partial charge in [0.2, 0.25) is 0 Å². The van der Waals surface area contributed by atoms with Crippen molar-refractivity contribution >= 4 is 17.5 Å². The van der Waals surface area contributed by atoms with E-state index >= 15 is 0 Å². The molecule has 1 aliphatic rings. The second-order valence-electron chi connectivity index (χ2n) is 7.02. The van der Waals surface area contributed by atoms with Crippen LogP contribution in [0, 0.1) is 0 Å². The van der Waals surface area contributed by atoms with E-state index < -0.39 is 0 Å². The van der Waals surface area contributed by atoms with Crippen LogP contribution < -0.4 is 5.32 Å². The lowest BCUT2D eigenvalue weighted by atomic mass is 10.2. The topological polar surface area (TPSA) is 64.3 Å². The minimum atomic E-state index is -0.152. The van der Waals surface area contributed by atoms with Crippen molar-refractivity contribution in [1.82, 2.24) is 24.6 Å². The van der Waals surface area contributed by atoms with Gasteiger partial charge in [0.05, 0.1) is 24.6 Å². The maximum atomic E-state index is 13.0. The van der Waals surface area contributed by atoms with Crippen LogP contribution in [0.2, 0.25) is 5.02 Å². The molecule has 2 aromatic heterocycles. The molecule has 0 spiro atoms. The smallest absolute Gasteiger partial charge is 0.270 e. The standard InChI is InChI=1S/C21H24ClN5O2/c1-25-9-2-3-19(25)18-15-20(27(24-18)17-6-4-16(22)5-7-17)21(28)23-8-10-26-11-13-29-14-12-26/h2-7,9,15H,8,10-14H2,1H3,(H,23,28). The molecule has 0 unspecified atom stereocenters. The Morgan fingerprint density at radius 3 is 2.66 bits per heavy atom. The lowest BCUT2D eigenvalue weighted by Crippen LogP contribution is -2.41. The third kappa shape index (κ3) is 4.53. The first-order valence-corrected chi connectivity index (χ1v) is 10.1. The van der Waals surface area contributed by atoms with Crippen LogP contribution in [0.25, 0.3) is 17.1 Å². The van der Waals surface area contributed by atoms with Crippen molar-refractivity contribution in [3.8, 4) is 17.1 Å². The first kappa shape index (κ1) is 19.7. The average Bonchev–Trinajstić information content (AvgIpc) is 3.35. The number of hydrogen-bond acceptors (Lipinski definition) is 4. The Kier molecular flexibility index (Phi) is 5.99. The van der Waals surface area contributed by atoms with E-state index in [4.69, 9.17) is 21.4 Å². The molecular formula is C21H24ClN5O2. The zero-order valence-corrected chi connectivity index (χ0v) is 17.1. The highest BCUT2D eigenvalue weighted by Gasteiger charge is 2.19. The summed E-state index contributed by atoms with van der Waals surface area (Å²) in [5, 5.41) is 8.36. The molecule has 7 nitrogen and oxygen atoms in total. The van der Waals surface area contributed by atoms with Crippen LogP contribution in [-0.4, -0.2) is 64.5 Å². The van der Waals surface area contributed by atoms with Crippen LogP contribution in [0.1, 0.15) is 10.5 Å². The zero-order chi connectivity index (χ0) is 20.2. The first-order chi connectivity index (χ1) is 14.1. The van der Waals surface area contributed by atoms with Crippen LogP contribution in [-0.2, 0) is 11.8 Å². The summed E-state index contributed by atoms with van der Waals surface area (Å²) in [4.78, 5) is 15.3. The molecule has 0 atom stereocenters. The molecule has 3 aromatic rings. The lowest BCUT2D eigenvalue weighted by Gasteiger charge is -2.26. The number of carbonyl (C=O) groups is 1. The van der Waals surface area contributed by atoms with Gasteiger partial charge in [-0.3, -0.25) is 9.69 Å². The van der Waals surface area contributed by atoms with Gasteiger partial charge >= 0.3 is 0 Å². The largest absolute Gasteiger partial charge is 0.379 e. The third-order valence-corrected chi connectivity index (χ3v) is 5.29. The SMILES string of the molecule is Cn1cccc1-c1cc(C(=O)NCCN2CCOCC2)n(-c2ccc(Cl)cc2)n1. The number of morpholine rings is 1. The van der Waals surface area contributed by atoms with Crippen LogP contribution in [0.15, 0.2) is 48.7 Å². The van der Waals surface area contributed by atoms with E-state index in [1.807, 2.05) is 48.1 Å². The van der Waals surface area contributed by atoms with Crippen molar-refractivity contribution < 1.29 is 9.53 Å². The van der Waals surface area contributed by atoms with Crippen molar-refractivity contribution in [2.75, 3.05) is 39.4 Å². The van der Waals surface area contributed by atoms with E-state index in [0.29, 0.717) is 17.3 Å². The van der Waals surface area contributed by atoms with Gasteiger partial charge in [0.15, 0.2) is 0 Å². The molecule has 1 amide bonds. The number of hydrogen-bond donors (Lipinski definition) is 1. The Labute approximate surface area is 174 Å². The third-order valence-electron chi connectivity index (χ3n) is 5.04. The summed E-state index contributed by atoms with van der Waals surface area (Å²) in [5.41, 5.74) is 2.96. The van der Waals surface area contributed by atoms with Gasteiger partial charge in [0.25, 0.3) is 5.91 Å². The van der Waals surface area contributed by atoms with E-state index in [1.165, 1.54) is 0 Å². The van der Waals surface area contributed by atoms with Crippen LogP contribution in [0.4, 0.5) is 0 Å². The Balaban J connectivity index is 1.56. The van der Waals surface area contributed by atoms with E-state index in [0.717, 1.165) is 49.9 Å². The number of amides is 1. The quantitative estimate of drug-likeness (QED) is 0.674. The van der Waals surface area contributed by atoms with E-state index in [9.17, 15) is 4.79 Å². The molecule has 0 saturated carbocycles.